The largest absolute Gasteiger partial charge is 0.475 e. The van der Waals surface area contributed by atoms with Gasteiger partial charge in [-0.25, -0.2) is 9.59 Å². The fourth-order valence-corrected chi connectivity index (χ4v) is 3.79. The third kappa shape index (κ3) is 5.81. The summed E-state index contributed by atoms with van der Waals surface area (Å²) < 4.78 is 16.3. The minimum atomic E-state index is -0.654. The van der Waals surface area contributed by atoms with Gasteiger partial charge in [0.25, 0.3) is 0 Å². The van der Waals surface area contributed by atoms with Gasteiger partial charge in [-0.3, -0.25) is 19.6 Å². The molecule has 0 saturated carbocycles. The van der Waals surface area contributed by atoms with Crippen LogP contribution in [0.1, 0.15) is 52.3 Å². The van der Waals surface area contributed by atoms with Gasteiger partial charge in [0.05, 0.1) is 37.4 Å². The summed E-state index contributed by atoms with van der Waals surface area (Å²) in [5.74, 6) is -1.90. The molecule has 0 aliphatic carbocycles. The average Bonchev–Trinajstić information content (AvgIpc) is 3.31. The van der Waals surface area contributed by atoms with Crippen LogP contribution in [-0.2, 0) is 20.8 Å². The standard InChI is InChI=1S/C19H24N4O8S/c1-5-9-31-18(25)14-11(3)15(19(26)30-6-2)32-17(14)20-13(24)7-8-22-10-12(23(27)28)16(21-22)29-4/h10H,5-9H2,1-4H3,(H,20,24). The van der Waals surface area contributed by atoms with E-state index in [4.69, 9.17) is 14.2 Å². The van der Waals surface area contributed by atoms with E-state index in [-0.39, 0.29) is 53.2 Å². The Labute approximate surface area is 187 Å². The number of carbonyl (C=O) groups excluding carboxylic acids is 3. The van der Waals surface area contributed by atoms with Gasteiger partial charge in [0.2, 0.25) is 5.91 Å². The average molecular weight is 468 g/mol. The van der Waals surface area contributed by atoms with E-state index in [1.54, 1.807) is 13.8 Å². The monoisotopic (exact) mass is 468 g/mol. The maximum atomic E-state index is 12.5. The molecule has 0 unspecified atom stereocenters. The number of hydrogen-bond donors (Lipinski definition) is 1. The third-order valence-corrected chi connectivity index (χ3v) is 5.36. The minimum Gasteiger partial charge on any atom is -0.475 e. The first kappa shape index (κ1) is 24.8. The number of hydrogen-bond acceptors (Lipinski definition) is 10. The minimum absolute atomic E-state index is 0.0285. The highest BCUT2D eigenvalue weighted by atomic mass is 32.1. The number of nitro groups is 1. The first-order valence-corrected chi connectivity index (χ1v) is 10.6. The summed E-state index contributed by atoms with van der Waals surface area (Å²) in [7, 11) is 1.26. The van der Waals surface area contributed by atoms with Gasteiger partial charge in [-0.05, 0) is 25.8 Å². The molecule has 0 saturated heterocycles. The molecule has 2 rings (SSSR count). The highest BCUT2D eigenvalue weighted by Gasteiger charge is 2.27. The summed E-state index contributed by atoms with van der Waals surface area (Å²) in [6, 6.07) is 0. The van der Waals surface area contributed by atoms with Crippen molar-refractivity contribution in [1.82, 2.24) is 9.78 Å². The van der Waals surface area contributed by atoms with Crippen molar-refractivity contribution in [2.75, 3.05) is 25.6 Å². The van der Waals surface area contributed by atoms with Crippen LogP contribution in [0, 0.1) is 17.0 Å². The molecular weight excluding hydrogens is 444 g/mol. The molecular formula is C19H24N4O8S. The third-order valence-electron chi connectivity index (χ3n) is 4.17. The van der Waals surface area contributed by atoms with Gasteiger partial charge in [0, 0.05) is 6.42 Å². The van der Waals surface area contributed by atoms with Gasteiger partial charge >= 0.3 is 23.5 Å². The van der Waals surface area contributed by atoms with Gasteiger partial charge < -0.3 is 19.5 Å². The smallest absolute Gasteiger partial charge is 0.350 e. The Balaban J connectivity index is 2.20. The SMILES string of the molecule is CCCOC(=O)c1c(NC(=O)CCn2cc([N+](=O)[O-])c(OC)n2)sc(C(=O)OCC)c1C. The zero-order chi connectivity index (χ0) is 23.8. The lowest BCUT2D eigenvalue weighted by Crippen LogP contribution is -2.17. The summed E-state index contributed by atoms with van der Waals surface area (Å²) >= 11 is 0.921. The highest BCUT2D eigenvalue weighted by molar-refractivity contribution is 7.18. The van der Waals surface area contributed by atoms with Crippen molar-refractivity contribution in [3.63, 3.8) is 0 Å². The molecule has 174 valence electrons. The van der Waals surface area contributed by atoms with Crippen molar-refractivity contribution < 1.29 is 33.5 Å². The van der Waals surface area contributed by atoms with E-state index in [0.717, 1.165) is 17.5 Å². The van der Waals surface area contributed by atoms with Crippen LogP contribution in [-0.4, -0.2) is 52.9 Å². The number of aryl methyl sites for hydroxylation is 1. The van der Waals surface area contributed by atoms with Gasteiger partial charge in [-0.1, -0.05) is 6.92 Å². The van der Waals surface area contributed by atoms with Crippen LogP contribution in [0.15, 0.2) is 6.20 Å². The Hall–Kier alpha value is -3.48. The van der Waals surface area contributed by atoms with Crippen LogP contribution >= 0.6 is 11.3 Å². The number of esters is 2. The Morgan fingerprint density at radius 2 is 1.97 bits per heavy atom. The lowest BCUT2D eigenvalue weighted by molar-refractivity contribution is -0.385. The van der Waals surface area contributed by atoms with Crippen LogP contribution in [0.5, 0.6) is 5.88 Å². The van der Waals surface area contributed by atoms with Crippen molar-refractivity contribution in [2.24, 2.45) is 0 Å². The number of anilines is 1. The maximum Gasteiger partial charge on any atom is 0.350 e. The lowest BCUT2D eigenvalue weighted by Gasteiger charge is -2.08. The Morgan fingerprint density at radius 3 is 2.53 bits per heavy atom. The molecule has 2 aromatic heterocycles. The van der Waals surface area contributed by atoms with Crippen LogP contribution in [0.25, 0.3) is 0 Å². The summed E-state index contributed by atoms with van der Waals surface area (Å²) in [6.07, 6.45) is 1.67. The second kappa shape index (κ2) is 11.2. The van der Waals surface area contributed by atoms with E-state index in [9.17, 15) is 24.5 Å². The summed E-state index contributed by atoms with van der Waals surface area (Å²) in [6.45, 7) is 5.46. The maximum absolute atomic E-state index is 12.5. The van der Waals surface area contributed by atoms with E-state index in [1.165, 1.54) is 11.8 Å². The normalized spacial score (nSPS) is 10.5. The van der Waals surface area contributed by atoms with Crippen LogP contribution < -0.4 is 10.1 Å². The second-order valence-corrected chi connectivity index (χ2v) is 7.48. The van der Waals surface area contributed by atoms with E-state index in [2.05, 4.69) is 10.4 Å². The first-order valence-electron chi connectivity index (χ1n) is 9.76. The summed E-state index contributed by atoms with van der Waals surface area (Å²) in [5.41, 5.74) is 0.135. The molecule has 0 aromatic carbocycles. The van der Waals surface area contributed by atoms with Crippen molar-refractivity contribution in [2.45, 2.75) is 40.2 Å². The molecule has 2 aromatic rings. The Kier molecular flexibility index (Phi) is 8.70. The van der Waals surface area contributed by atoms with E-state index < -0.39 is 22.8 Å². The number of nitrogens with one attached hydrogen (secondary N) is 1. The molecule has 32 heavy (non-hydrogen) atoms. The topological polar surface area (TPSA) is 152 Å². The van der Waals surface area contributed by atoms with Crippen LogP contribution in [0.2, 0.25) is 0 Å². The summed E-state index contributed by atoms with van der Waals surface area (Å²) in [5, 5.41) is 17.7. The van der Waals surface area contributed by atoms with E-state index >= 15 is 0 Å². The fraction of sp³-hybridized carbons (Fsp3) is 0.474. The van der Waals surface area contributed by atoms with Crippen molar-refractivity contribution in [3.8, 4) is 5.88 Å². The van der Waals surface area contributed by atoms with Crippen molar-refractivity contribution in [3.05, 3.63) is 32.3 Å². The number of thiophene rings is 1. The quantitative estimate of drug-likeness (QED) is 0.298. The predicted molar refractivity (Wildman–Crippen MR) is 114 cm³/mol. The molecule has 1 amide bonds. The number of carbonyl (C=O) groups is 3. The van der Waals surface area contributed by atoms with Gasteiger partial charge in [-0.2, -0.15) is 0 Å². The molecule has 0 radical (unpaired) electrons. The fourth-order valence-electron chi connectivity index (χ4n) is 2.69. The molecule has 1 N–H and O–H groups in total. The number of aromatic nitrogens is 2. The number of ether oxygens (including phenoxy) is 3. The number of nitrogens with zero attached hydrogens (tertiary/aromatic N) is 3. The molecule has 0 fully saturated rings. The molecule has 0 bridgehead atoms. The Morgan fingerprint density at radius 1 is 1.25 bits per heavy atom. The zero-order valence-corrected chi connectivity index (χ0v) is 18.9. The number of methoxy groups -OCH3 is 1. The zero-order valence-electron chi connectivity index (χ0n) is 18.1. The van der Waals surface area contributed by atoms with Gasteiger partial charge in [0.1, 0.15) is 16.1 Å². The van der Waals surface area contributed by atoms with Gasteiger partial charge in [-0.15, -0.1) is 16.4 Å². The van der Waals surface area contributed by atoms with Crippen LogP contribution in [0.3, 0.4) is 0 Å². The lowest BCUT2D eigenvalue weighted by atomic mass is 10.1. The van der Waals surface area contributed by atoms with Crippen molar-refractivity contribution >= 4 is 39.9 Å². The molecule has 0 atom stereocenters. The molecule has 0 spiro atoms. The van der Waals surface area contributed by atoms with E-state index in [0.29, 0.717) is 12.0 Å². The highest BCUT2D eigenvalue weighted by Crippen LogP contribution is 2.34. The second-order valence-electron chi connectivity index (χ2n) is 6.46. The Bertz CT molecular complexity index is 1010. The van der Waals surface area contributed by atoms with Crippen molar-refractivity contribution in [1.29, 1.82) is 0 Å². The summed E-state index contributed by atoms with van der Waals surface area (Å²) in [4.78, 5) is 47.8. The number of amides is 1. The predicted octanol–water partition coefficient (Wildman–Crippen LogP) is 2.94. The molecule has 0 aliphatic rings. The van der Waals surface area contributed by atoms with Crippen LogP contribution in [0.4, 0.5) is 10.7 Å². The number of rotatable bonds is 11. The molecule has 12 nitrogen and oxygen atoms in total. The van der Waals surface area contributed by atoms with Gasteiger partial charge in [0.15, 0.2) is 0 Å². The molecule has 2 heterocycles. The van der Waals surface area contributed by atoms with E-state index in [1.807, 2.05) is 6.92 Å². The first-order chi connectivity index (χ1) is 15.2. The molecule has 0 aliphatic heterocycles. The molecule has 13 heteroatoms.